The second kappa shape index (κ2) is 4.55. The van der Waals surface area contributed by atoms with Crippen LogP contribution in [0.3, 0.4) is 0 Å². The Balaban J connectivity index is 4.16. The van der Waals surface area contributed by atoms with E-state index in [0.717, 1.165) is 0 Å². The predicted molar refractivity (Wildman–Crippen MR) is 39.6 cm³/mol. The summed E-state index contributed by atoms with van der Waals surface area (Å²) in [5.74, 6) is 0. The van der Waals surface area contributed by atoms with Gasteiger partial charge >= 0.3 is 5.30 Å². The van der Waals surface area contributed by atoms with Gasteiger partial charge in [-0.15, -0.1) is 0 Å². The van der Waals surface area contributed by atoms with Crippen molar-refractivity contribution in [2.24, 2.45) is 0 Å². The first-order valence-electron chi connectivity index (χ1n) is 2.85. The van der Waals surface area contributed by atoms with Crippen molar-refractivity contribution in [1.29, 1.82) is 0 Å². The standard InChI is InChI=1S/C5H10O5S/c6-1-5(2-7,3-8)11-4(9)10/h6-8H,1-3H2,(H,9,10). The lowest BCUT2D eigenvalue weighted by Gasteiger charge is -2.23. The van der Waals surface area contributed by atoms with Crippen LogP contribution in [0.15, 0.2) is 0 Å². The van der Waals surface area contributed by atoms with Gasteiger partial charge in [0, 0.05) is 0 Å². The number of hydrogen-bond acceptors (Lipinski definition) is 5. The highest BCUT2D eigenvalue weighted by molar-refractivity contribution is 8.14. The third-order valence-corrected chi connectivity index (χ3v) is 2.16. The molecular formula is C5H10O5S. The molecular weight excluding hydrogens is 172 g/mol. The first kappa shape index (κ1) is 10.7. The molecule has 0 atom stereocenters. The van der Waals surface area contributed by atoms with E-state index >= 15 is 0 Å². The Morgan fingerprint density at radius 1 is 1.18 bits per heavy atom. The van der Waals surface area contributed by atoms with E-state index in [1.54, 1.807) is 0 Å². The van der Waals surface area contributed by atoms with Crippen molar-refractivity contribution >= 4 is 17.1 Å². The second-order valence-corrected chi connectivity index (χ2v) is 3.44. The molecule has 0 fully saturated rings. The summed E-state index contributed by atoms with van der Waals surface area (Å²) < 4.78 is -1.37. The van der Waals surface area contributed by atoms with Gasteiger partial charge in [-0.1, -0.05) is 0 Å². The summed E-state index contributed by atoms with van der Waals surface area (Å²) in [4.78, 5) is 10.1. The minimum Gasteiger partial charge on any atom is -0.473 e. The Hall–Kier alpha value is -0.300. The molecule has 4 N–H and O–H groups in total. The minimum atomic E-state index is -1.37. The topological polar surface area (TPSA) is 98.0 Å². The van der Waals surface area contributed by atoms with Gasteiger partial charge in [0.1, 0.15) is 0 Å². The summed E-state index contributed by atoms with van der Waals surface area (Å²) in [6, 6.07) is 0. The average Bonchev–Trinajstić information content (AvgIpc) is 2.00. The summed E-state index contributed by atoms with van der Waals surface area (Å²) >= 11 is 0.314. The fourth-order valence-electron chi connectivity index (χ4n) is 0.432. The lowest BCUT2D eigenvalue weighted by molar-refractivity contribution is 0.120. The van der Waals surface area contributed by atoms with Crippen molar-refractivity contribution in [3.05, 3.63) is 0 Å². The first-order chi connectivity index (χ1) is 5.10. The molecule has 0 heterocycles. The van der Waals surface area contributed by atoms with Crippen LogP contribution in [0, 0.1) is 0 Å². The molecule has 0 aromatic carbocycles. The molecule has 66 valence electrons. The molecule has 0 rings (SSSR count). The molecule has 0 unspecified atom stereocenters. The molecule has 11 heavy (non-hydrogen) atoms. The zero-order chi connectivity index (χ0) is 8.91. The smallest absolute Gasteiger partial charge is 0.365 e. The molecule has 6 heteroatoms. The van der Waals surface area contributed by atoms with Crippen LogP contribution in [0.4, 0.5) is 4.79 Å². The summed E-state index contributed by atoms with van der Waals surface area (Å²) in [6.07, 6.45) is 0. The molecule has 0 saturated carbocycles. The molecule has 0 spiro atoms. The molecule has 0 aliphatic carbocycles. The summed E-state index contributed by atoms with van der Waals surface area (Å²) in [5, 5.41) is 32.9. The Morgan fingerprint density at radius 3 is 1.64 bits per heavy atom. The van der Waals surface area contributed by atoms with Gasteiger partial charge in [0.2, 0.25) is 0 Å². The molecule has 0 radical (unpaired) electrons. The summed E-state index contributed by atoms with van der Waals surface area (Å²) in [5.41, 5.74) is 0. The van der Waals surface area contributed by atoms with Crippen molar-refractivity contribution in [2.45, 2.75) is 4.75 Å². The van der Waals surface area contributed by atoms with E-state index in [-0.39, 0.29) is 0 Å². The number of thioether (sulfide) groups is 1. The zero-order valence-electron chi connectivity index (χ0n) is 5.73. The van der Waals surface area contributed by atoms with Crippen molar-refractivity contribution in [3.8, 4) is 0 Å². The number of aliphatic hydroxyl groups is 3. The molecule has 0 aromatic rings. The fraction of sp³-hybridized carbons (Fsp3) is 0.800. The summed E-state index contributed by atoms with van der Waals surface area (Å²) in [6.45, 7) is -1.72. The van der Waals surface area contributed by atoms with Crippen LogP contribution in [0.2, 0.25) is 0 Å². The average molecular weight is 182 g/mol. The van der Waals surface area contributed by atoms with Gasteiger partial charge in [0.25, 0.3) is 0 Å². The first-order valence-corrected chi connectivity index (χ1v) is 3.66. The highest BCUT2D eigenvalue weighted by atomic mass is 32.2. The predicted octanol–water partition coefficient (Wildman–Crippen LogP) is -0.887. The maximum atomic E-state index is 10.1. The van der Waals surface area contributed by atoms with Crippen molar-refractivity contribution in [1.82, 2.24) is 0 Å². The maximum Gasteiger partial charge on any atom is 0.365 e. The Bertz CT molecular complexity index is 125. The Kier molecular flexibility index (Phi) is 4.43. The van der Waals surface area contributed by atoms with Crippen LogP contribution in [0.25, 0.3) is 0 Å². The van der Waals surface area contributed by atoms with Crippen LogP contribution < -0.4 is 0 Å². The van der Waals surface area contributed by atoms with Crippen molar-refractivity contribution in [2.75, 3.05) is 19.8 Å². The number of aliphatic hydroxyl groups excluding tert-OH is 3. The van der Waals surface area contributed by atoms with E-state index in [1.807, 2.05) is 0 Å². The van der Waals surface area contributed by atoms with E-state index < -0.39 is 29.9 Å². The number of hydrogen-bond donors (Lipinski definition) is 4. The molecule has 0 aliphatic rings. The summed E-state index contributed by atoms with van der Waals surface area (Å²) in [7, 11) is 0. The van der Waals surface area contributed by atoms with E-state index in [1.165, 1.54) is 0 Å². The minimum absolute atomic E-state index is 0.314. The largest absolute Gasteiger partial charge is 0.473 e. The second-order valence-electron chi connectivity index (χ2n) is 2.03. The van der Waals surface area contributed by atoms with Gasteiger partial charge < -0.3 is 20.4 Å². The molecule has 5 nitrogen and oxygen atoms in total. The Labute approximate surface area is 67.7 Å². The van der Waals surface area contributed by atoms with Crippen LogP contribution in [0.1, 0.15) is 0 Å². The third-order valence-electron chi connectivity index (χ3n) is 1.17. The van der Waals surface area contributed by atoms with E-state index in [0.29, 0.717) is 11.8 Å². The van der Waals surface area contributed by atoms with Gasteiger partial charge in [-0.25, -0.2) is 4.79 Å². The number of carbonyl (C=O) groups is 1. The molecule has 0 saturated heterocycles. The quantitative estimate of drug-likeness (QED) is 0.450. The molecule has 0 amide bonds. The zero-order valence-corrected chi connectivity index (χ0v) is 6.54. The van der Waals surface area contributed by atoms with Crippen LogP contribution in [-0.4, -0.2) is 50.3 Å². The van der Waals surface area contributed by atoms with Crippen LogP contribution in [-0.2, 0) is 0 Å². The maximum absolute atomic E-state index is 10.1. The highest BCUT2D eigenvalue weighted by Gasteiger charge is 2.32. The number of carboxylic acid groups (broad SMARTS) is 1. The van der Waals surface area contributed by atoms with Crippen LogP contribution >= 0.6 is 11.8 Å². The molecule has 0 aliphatic heterocycles. The van der Waals surface area contributed by atoms with Gasteiger partial charge in [-0.3, -0.25) is 0 Å². The third kappa shape index (κ3) is 3.06. The van der Waals surface area contributed by atoms with Crippen LogP contribution in [0.5, 0.6) is 0 Å². The molecule has 0 bridgehead atoms. The van der Waals surface area contributed by atoms with Gasteiger partial charge in [-0.2, -0.15) is 0 Å². The highest BCUT2D eigenvalue weighted by Crippen LogP contribution is 2.24. The SMILES string of the molecule is O=C(O)SC(CO)(CO)CO. The van der Waals surface area contributed by atoms with Gasteiger partial charge in [0.15, 0.2) is 0 Å². The van der Waals surface area contributed by atoms with Crippen molar-refractivity contribution < 1.29 is 25.2 Å². The van der Waals surface area contributed by atoms with Gasteiger partial charge in [0.05, 0.1) is 24.6 Å². The van der Waals surface area contributed by atoms with Crippen molar-refractivity contribution in [3.63, 3.8) is 0 Å². The van der Waals surface area contributed by atoms with E-state index in [2.05, 4.69) is 0 Å². The lowest BCUT2D eigenvalue weighted by atomic mass is 10.2. The van der Waals surface area contributed by atoms with Gasteiger partial charge in [-0.05, 0) is 11.8 Å². The lowest BCUT2D eigenvalue weighted by Crippen LogP contribution is -2.39. The van der Waals surface area contributed by atoms with E-state index in [9.17, 15) is 4.79 Å². The van der Waals surface area contributed by atoms with E-state index in [4.69, 9.17) is 20.4 Å². The monoisotopic (exact) mass is 182 g/mol. The Morgan fingerprint density at radius 2 is 1.55 bits per heavy atom. The fourth-order valence-corrected chi connectivity index (χ4v) is 0.996. The number of rotatable bonds is 4. The molecule has 0 aromatic heterocycles. The normalized spacial score (nSPS) is 11.5.